The zero-order chi connectivity index (χ0) is 13.8. The molecule has 2 N–H and O–H groups in total. The fraction of sp³-hybridized carbons (Fsp3) is 0.538. The van der Waals surface area contributed by atoms with Gasteiger partial charge in [0.1, 0.15) is 5.82 Å². The van der Waals surface area contributed by atoms with Crippen molar-refractivity contribution in [2.45, 2.75) is 12.1 Å². The first-order chi connectivity index (χ1) is 9.11. The molecule has 1 fully saturated rings. The number of nitrogens with one attached hydrogen (secondary N) is 2. The Kier molecular flexibility index (Phi) is 4.34. The highest BCUT2D eigenvalue weighted by Crippen LogP contribution is 2.12. The van der Waals surface area contributed by atoms with Crippen LogP contribution in [0, 0.1) is 0 Å². The van der Waals surface area contributed by atoms with Gasteiger partial charge in [0.15, 0.2) is 0 Å². The van der Waals surface area contributed by atoms with Gasteiger partial charge in [0.25, 0.3) is 5.91 Å². The number of hydrogen-bond acceptors (Lipinski definition) is 5. The summed E-state index contributed by atoms with van der Waals surface area (Å²) in [4.78, 5) is 17.5. The minimum absolute atomic E-state index is 0.0450. The maximum atomic E-state index is 11.7. The van der Waals surface area contributed by atoms with Crippen molar-refractivity contribution in [1.82, 2.24) is 15.2 Å². The van der Waals surface area contributed by atoms with Gasteiger partial charge in [-0.2, -0.15) is 0 Å². The lowest BCUT2D eigenvalue weighted by atomic mass is 10.2. The van der Waals surface area contributed by atoms with Crippen LogP contribution in [0.2, 0.25) is 0 Å². The average Bonchev–Trinajstić information content (AvgIpc) is 2.86. The molecule has 0 radical (unpaired) electrons. The highest BCUT2D eigenvalue weighted by atomic mass is 16.5. The van der Waals surface area contributed by atoms with Crippen molar-refractivity contribution in [3.8, 4) is 0 Å². The molecule has 0 bridgehead atoms. The van der Waals surface area contributed by atoms with Crippen LogP contribution in [0.15, 0.2) is 18.3 Å². The molecule has 0 aliphatic carbocycles. The summed E-state index contributed by atoms with van der Waals surface area (Å²) in [6, 6.07) is 3.80. The lowest BCUT2D eigenvalue weighted by Crippen LogP contribution is -2.33. The van der Waals surface area contributed by atoms with Gasteiger partial charge >= 0.3 is 0 Å². The summed E-state index contributed by atoms with van der Waals surface area (Å²) in [6.07, 6.45) is 1.74. The Morgan fingerprint density at radius 1 is 1.47 bits per heavy atom. The van der Waals surface area contributed by atoms with E-state index in [0.29, 0.717) is 5.56 Å². The zero-order valence-electron chi connectivity index (χ0n) is 11.5. The van der Waals surface area contributed by atoms with Gasteiger partial charge in [-0.3, -0.25) is 4.79 Å². The van der Waals surface area contributed by atoms with E-state index in [1.54, 1.807) is 33.5 Å². The van der Waals surface area contributed by atoms with Crippen molar-refractivity contribution in [1.29, 1.82) is 0 Å². The van der Waals surface area contributed by atoms with Crippen LogP contribution in [0.3, 0.4) is 0 Å². The number of pyridine rings is 1. The summed E-state index contributed by atoms with van der Waals surface area (Å²) in [6.45, 7) is 1.68. The van der Waals surface area contributed by atoms with Crippen molar-refractivity contribution in [2.75, 3.05) is 39.6 Å². The maximum Gasteiger partial charge on any atom is 0.254 e. The molecule has 0 aromatic carbocycles. The van der Waals surface area contributed by atoms with E-state index in [4.69, 9.17) is 4.74 Å². The van der Waals surface area contributed by atoms with Gasteiger partial charge in [-0.15, -0.1) is 0 Å². The minimum Gasteiger partial charge on any atom is -0.378 e. The standard InChI is InChI=1S/C13H20N4O2/c1-17(2)13(18)9-4-5-12(15-6-9)16-10-7-14-8-11(10)19-3/h4-6,10-11,14H,7-8H2,1-3H3,(H,15,16)/t10?,11-/m0/s1. The number of ether oxygens (including phenoxy) is 1. The first-order valence-corrected chi connectivity index (χ1v) is 6.29. The summed E-state index contributed by atoms with van der Waals surface area (Å²) >= 11 is 0. The van der Waals surface area contributed by atoms with E-state index in [9.17, 15) is 4.79 Å². The predicted octanol–water partition coefficient (Wildman–Crippen LogP) is 0.182. The molecule has 1 aliphatic rings. The number of nitrogens with zero attached hydrogens (tertiary/aromatic N) is 2. The fourth-order valence-electron chi connectivity index (χ4n) is 2.10. The summed E-state index contributed by atoms with van der Waals surface area (Å²) < 4.78 is 5.38. The lowest BCUT2D eigenvalue weighted by molar-refractivity contribution is 0.0827. The molecular weight excluding hydrogens is 244 g/mol. The monoisotopic (exact) mass is 264 g/mol. The van der Waals surface area contributed by atoms with Crippen LogP contribution in [0.1, 0.15) is 10.4 Å². The van der Waals surface area contributed by atoms with Crippen molar-refractivity contribution in [2.24, 2.45) is 0 Å². The molecule has 1 unspecified atom stereocenters. The first-order valence-electron chi connectivity index (χ1n) is 6.29. The highest BCUT2D eigenvalue weighted by molar-refractivity contribution is 5.93. The molecule has 1 aromatic heterocycles. The van der Waals surface area contributed by atoms with Crippen LogP contribution in [0.5, 0.6) is 0 Å². The van der Waals surface area contributed by atoms with Crippen LogP contribution in [-0.2, 0) is 4.74 Å². The molecule has 1 aliphatic heterocycles. The van der Waals surface area contributed by atoms with E-state index in [-0.39, 0.29) is 18.1 Å². The molecule has 0 saturated carbocycles. The van der Waals surface area contributed by atoms with Crippen molar-refractivity contribution in [3.05, 3.63) is 23.9 Å². The molecule has 2 atom stereocenters. The van der Waals surface area contributed by atoms with E-state index in [0.717, 1.165) is 18.9 Å². The van der Waals surface area contributed by atoms with Gasteiger partial charge in [0, 0.05) is 40.5 Å². The predicted molar refractivity (Wildman–Crippen MR) is 73.3 cm³/mol. The summed E-state index contributed by atoms with van der Waals surface area (Å²) in [5.41, 5.74) is 0.586. The topological polar surface area (TPSA) is 66.5 Å². The largest absolute Gasteiger partial charge is 0.378 e. The molecule has 2 heterocycles. The number of aromatic nitrogens is 1. The first kappa shape index (κ1) is 13.8. The molecule has 6 heteroatoms. The van der Waals surface area contributed by atoms with E-state index < -0.39 is 0 Å². The van der Waals surface area contributed by atoms with Crippen LogP contribution < -0.4 is 10.6 Å². The second-order valence-corrected chi connectivity index (χ2v) is 4.81. The zero-order valence-corrected chi connectivity index (χ0v) is 11.5. The number of hydrogen-bond donors (Lipinski definition) is 2. The summed E-state index contributed by atoms with van der Waals surface area (Å²) in [5, 5.41) is 6.58. The van der Waals surface area contributed by atoms with Gasteiger partial charge in [0.05, 0.1) is 17.7 Å². The van der Waals surface area contributed by atoms with Crippen LogP contribution >= 0.6 is 0 Å². The Labute approximate surface area is 113 Å². The molecule has 1 amide bonds. The second kappa shape index (κ2) is 5.99. The molecular formula is C13H20N4O2. The Hall–Kier alpha value is -1.66. The van der Waals surface area contributed by atoms with Crippen molar-refractivity contribution >= 4 is 11.7 Å². The number of carbonyl (C=O) groups excluding carboxylic acids is 1. The molecule has 104 valence electrons. The Bertz CT molecular complexity index is 433. The van der Waals surface area contributed by atoms with Crippen LogP contribution in [0.4, 0.5) is 5.82 Å². The van der Waals surface area contributed by atoms with E-state index in [2.05, 4.69) is 15.6 Å². The van der Waals surface area contributed by atoms with Crippen LogP contribution in [-0.4, -0.2) is 62.2 Å². The number of methoxy groups -OCH3 is 1. The third-order valence-corrected chi connectivity index (χ3v) is 3.21. The normalized spacial score (nSPS) is 22.3. The molecule has 19 heavy (non-hydrogen) atoms. The Morgan fingerprint density at radius 2 is 2.26 bits per heavy atom. The SMILES string of the molecule is CO[C@H]1CNCC1Nc1ccc(C(=O)N(C)C)cn1. The van der Waals surface area contributed by atoms with E-state index >= 15 is 0 Å². The third kappa shape index (κ3) is 3.21. The van der Waals surface area contributed by atoms with E-state index in [1.807, 2.05) is 6.07 Å². The second-order valence-electron chi connectivity index (χ2n) is 4.81. The smallest absolute Gasteiger partial charge is 0.254 e. The van der Waals surface area contributed by atoms with Gasteiger partial charge in [-0.05, 0) is 12.1 Å². The molecule has 0 spiro atoms. The number of rotatable bonds is 4. The van der Waals surface area contributed by atoms with Crippen molar-refractivity contribution < 1.29 is 9.53 Å². The van der Waals surface area contributed by atoms with E-state index in [1.165, 1.54) is 4.90 Å². The van der Waals surface area contributed by atoms with Gasteiger partial charge in [-0.1, -0.05) is 0 Å². The fourth-order valence-corrected chi connectivity index (χ4v) is 2.10. The number of amides is 1. The number of anilines is 1. The third-order valence-electron chi connectivity index (χ3n) is 3.21. The lowest BCUT2D eigenvalue weighted by Gasteiger charge is -2.19. The summed E-state index contributed by atoms with van der Waals surface area (Å²) in [7, 11) is 5.16. The Balaban J connectivity index is 2.01. The quantitative estimate of drug-likeness (QED) is 0.812. The number of carbonyl (C=O) groups is 1. The molecule has 1 saturated heterocycles. The van der Waals surface area contributed by atoms with Gasteiger partial charge in [-0.25, -0.2) is 4.98 Å². The van der Waals surface area contributed by atoms with Crippen LogP contribution in [0.25, 0.3) is 0 Å². The molecule has 1 aromatic rings. The minimum atomic E-state index is -0.0450. The average molecular weight is 264 g/mol. The molecule has 6 nitrogen and oxygen atoms in total. The van der Waals surface area contributed by atoms with Gasteiger partial charge < -0.3 is 20.3 Å². The maximum absolute atomic E-state index is 11.7. The van der Waals surface area contributed by atoms with Crippen molar-refractivity contribution in [3.63, 3.8) is 0 Å². The van der Waals surface area contributed by atoms with Gasteiger partial charge in [0.2, 0.25) is 0 Å². The summed E-state index contributed by atoms with van der Waals surface area (Å²) in [5.74, 6) is 0.711. The highest BCUT2D eigenvalue weighted by Gasteiger charge is 2.26. The Morgan fingerprint density at radius 3 is 2.84 bits per heavy atom. The molecule has 2 rings (SSSR count).